The molecule has 23 heavy (non-hydrogen) atoms. The molecule has 5 nitrogen and oxygen atoms in total. The van der Waals surface area contributed by atoms with E-state index in [2.05, 4.69) is 3.63 Å². The van der Waals surface area contributed by atoms with Gasteiger partial charge in [0.1, 0.15) is 10.5 Å². The van der Waals surface area contributed by atoms with Crippen LogP contribution in [-0.4, -0.2) is 16.8 Å². The number of benzene rings is 2. The van der Waals surface area contributed by atoms with Crippen LogP contribution in [0.3, 0.4) is 0 Å². The maximum atomic E-state index is 12.3. The van der Waals surface area contributed by atoms with Crippen LogP contribution >= 0.6 is 0 Å². The standard InChI is InChI=1S/C16H18O5S2/c1-13(15-9-5-3-6-10-15)22(17,18)21-23(19,20)14(2)16-11-7-4-8-12-16/h3-14H,1-2H3. The third kappa shape index (κ3) is 4.19. The van der Waals surface area contributed by atoms with E-state index in [-0.39, 0.29) is 0 Å². The van der Waals surface area contributed by atoms with Gasteiger partial charge in [-0.05, 0) is 25.0 Å². The summed E-state index contributed by atoms with van der Waals surface area (Å²) in [5, 5.41) is -2.16. The van der Waals surface area contributed by atoms with E-state index in [9.17, 15) is 16.8 Å². The van der Waals surface area contributed by atoms with Crippen molar-refractivity contribution in [2.45, 2.75) is 24.3 Å². The number of rotatable bonds is 6. The van der Waals surface area contributed by atoms with Crippen LogP contribution in [0.25, 0.3) is 0 Å². The Morgan fingerprint density at radius 2 is 0.957 bits per heavy atom. The van der Waals surface area contributed by atoms with Crippen LogP contribution in [0.1, 0.15) is 35.5 Å². The van der Waals surface area contributed by atoms with Gasteiger partial charge >= 0.3 is 0 Å². The molecule has 0 aliphatic heterocycles. The quantitative estimate of drug-likeness (QED) is 0.796. The highest BCUT2D eigenvalue weighted by Crippen LogP contribution is 2.29. The van der Waals surface area contributed by atoms with Crippen molar-refractivity contribution in [1.29, 1.82) is 0 Å². The Morgan fingerprint density at radius 1 is 0.652 bits per heavy atom. The normalized spacial score (nSPS) is 15.0. The molecule has 2 rings (SSSR count). The first kappa shape index (κ1) is 17.7. The molecule has 0 saturated heterocycles. The van der Waals surface area contributed by atoms with Crippen LogP contribution in [0.4, 0.5) is 0 Å². The van der Waals surface area contributed by atoms with Crippen molar-refractivity contribution in [2.24, 2.45) is 0 Å². The second kappa shape index (κ2) is 6.82. The molecule has 0 aromatic heterocycles. The molecule has 0 N–H and O–H groups in total. The summed E-state index contributed by atoms with van der Waals surface area (Å²) in [5.41, 5.74) is 0.935. The summed E-state index contributed by atoms with van der Waals surface area (Å²) in [5.74, 6) is 0. The molecule has 0 amide bonds. The van der Waals surface area contributed by atoms with E-state index in [0.717, 1.165) is 0 Å². The molecular formula is C16H18O5S2. The van der Waals surface area contributed by atoms with Crippen LogP contribution in [0, 0.1) is 0 Å². The molecule has 0 aliphatic carbocycles. The van der Waals surface area contributed by atoms with Crippen molar-refractivity contribution >= 4 is 20.2 Å². The van der Waals surface area contributed by atoms with Crippen LogP contribution in [0.5, 0.6) is 0 Å². The fraction of sp³-hybridized carbons (Fsp3) is 0.250. The summed E-state index contributed by atoms with van der Waals surface area (Å²) in [6.07, 6.45) is 0. The van der Waals surface area contributed by atoms with Gasteiger partial charge in [-0.3, -0.25) is 0 Å². The van der Waals surface area contributed by atoms with Gasteiger partial charge in [0.2, 0.25) is 0 Å². The maximum Gasteiger partial charge on any atom is 0.288 e. The fourth-order valence-electron chi connectivity index (χ4n) is 2.03. The zero-order valence-electron chi connectivity index (χ0n) is 12.8. The molecule has 0 heterocycles. The molecule has 0 fully saturated rings. The minimum absolute atomic E-state index is 0.468. The average molecular weight is 354 g/mol. The third-order valence-electron chi connectivity index (χ3n) is 3.59. The summed E-state index contributed by atoms with van der Waals surface area (Å²) < 4.78 is 53.7. The highest BCUT2D eigenvalue weighted by Gasteiger charge is 2.34. The third-order valence-corrected chi connectivity index (χ3v) is 7.39. The van der Waals surface area contributed by atoms with Gasteiger partial charge in [-0.25, -0.2) is 0 Å². The molecule has 0 radical (unpaired) electrons. The molecule has 2 aromatic rings. The zero-order valence-corrected chi connectivity index (χ0v) is 14.4. The minimum atomic E-state index is -4.31. The zero-order chi connectivity index (χ0) is 17.1. The van der Waals surface area contributed by atoms with Gasteiger partial charge in [0.25, 0.3) is 20.2 Å². The van der Waals surface area contributed by atoms with Crippen molar-refractivity contribution in [2.75, 3.05) is 0 Å². The molecule has 2 aromatic carbocycles. The molecule has 0 saturated carbocycles. The first-order valence-corrected chi connectivity index (χ1v) is 9.97. The van der Waals surface area contributed by atoms with E-state index < -0.39 is 30.7 Å². The molecule has 7 heteroatoms. The van der Waals surface area contributed by atoms with Gasteiger partial charge < -0.3 is 0 Å². The number of hydrogen-bond acceptors (Lipinski definition) is 5. The Balaban J connectivity index is 2.26. The Bertz CT molecular complexity index is 770. The second-order valence-corrected chi connectivity index (χ2v) is 9.09. The Morgan fingerprint density at radius 3 is 1.26 bits per heavy atom. The van der Waals surface area contributed by atoms with Gasteiger partial charge in [-0.1, -0.05) is 60.7 Å². The topological polar surface area (TPSA) is 77.5 Å². The predicted octanol–water partition coefficient (Wildman–Crippen LogP) is 3.19. The Kier molecular flexibility index (Phi) is 5.23. The van der Waals surface area contributed by atoms with E-state index in [1.165, 1.54) is 13.8 Å². The van der Waals surface area contributed by atoms with Crippen molar-refractivity contribution in [1.82, 2.24) is 0 Å². The van der Waals surface area contributed by atoms with Crippen LogP contribution < -0.4 is 0 Å². The van der Waals surface area contributed by atoms with Crippen molar-refractivity contribution in [3.63, 3.8) is 0 Å². The SMILES string of the molecule is CC(c1ccccc1)S(=O)(=O)OS(=O)(=O)C(C)c1ccccc1. The minimum Gasteiger partial charge on any atom is -0.198 e. The van der Waals surface area contributed by atoms with Gasteiger partial charge in [0.05, 0.1) is 0 Å². The first-order valence-electron chi connectivity index (χ1n) is 7.02. The molecule has 124 valence electrons. The summed E-state index contributed by atoms with van der Waals surface area (Å²) in [7, 11) is -8.62. The van der Waals surface area contributed by atoms with E-state index in [1.807, 2.05) is 0 Å². The van der Waals surface area contributed by atoms with Crippen LogP contribution in [0.2, 0.25) is 0 Å². The van der Waals surface area contributed by atoms with Crippen molar-refractivity contribution < 1.29 is 20.5 Å². The van der Waals surface area contributed by atoms with Gasteiger partial charge in [-0.2, -0.15) is 16.8 Å². The lowest BCUT2D eigenvalue weighted by Crippen LogP contribution is -2.22. The highest BCUT2D eigenvalue weighted by atomic mass is 32.3. The average Bonchev–Trinajstić information content (AvgIpc) is 2.54. The molecule has 2 atom stereocenters. The molecule has 0 bridgehead atoms. The maximum absolute atomic E-state index is 12.3. The lowest BCUT2D eigenvalue weighted by atomic mass is 10.2. The first-order chi connectivity index (χ1) is 10.7. The molecular weight excluding hydrogens is 336 g/mol. The monoisotopic (exact) mass is 354 g/mol. The van der Waals surface area contributed by atoms with E-state index in [4.69, 9.17) is 0 Å². The van der Waals surface area contributed by atoms with Crippen LogP contribution in [0.15, 0.2) is 60.7 Å². The highest BCUT2D eigenvalue weighted by molar-refractivity contribution is 8.00. The Labute approximate surface area is 137 Å². The van der Waals surface area contributed by atoms with Crippen molar-refractivity contribution in [3.05, 3.63) is 71.8 Å². The second-order valence-electron chi connectivity index (χ2n) is 5.16. The van der Waals surface area contributed by atoms with E-state index in [1.54, 1.807) is 60.7 Å². The van der Waals surface area contributed by atoms with E-state index in [0.29, 0.717) is 11.1 Å². The van der Waals surface area contributed by atoms with Crippen LogP contribution in [-0.2, 0) is 23.9 Å². The fourth-order valence-corrected chi connectivity index (χ4v) is 5.01. The lowest BCUT2D eigenvalue weighted by Gasteiger charge is -2.16. The van der Waals surface area contributed by atoms with Crippen molar-refractivity contribution in [3.8, 4) is 0 Å². The van der Waals surface area contributed by atoms with Gasteiger partial charge in [0.15, 0.2) is 0 Å². The summed E-state index contributed by atoms with van der Waals surface area (Å²) in [4.78, 5) is 0. The Hall–Kier alpha value is -1.70. The van der Waals surface area contributed by atoms with Gasteiger partial charge in [0, 0.05) is 0 Å². The number of hydrogen-bond donors (Lipinski definition) is 0. The largest absolute Gasteiger partial charge is 0.288 e. The lowest BCUT2D eigenvalue weighted by molar-refractivity contribution is 0.448. The molecule has 2 unspecified atom stereocenters. The molecule has 0 spiro atoms. The summed E-state index contributed by atoms with van der Waals surface area (Å²) in [6.45, 7) is 2.79. The predicted molar refractivity (Wildman–Crippen MR) is 88.6 cm³/mol. The smallest absolute Gasteiger partial charge is 0.198 e. The van der Waals surface area contributed by atoms with E-state index >= 15 is 0 Å². The molecule has 0 aliphatic rings. The summed E-state index contributed by atoms with van der Waals surface area (Å²) in [6, 6.07) is 16.7. The summed E-state index contributed by atoms with van der Waals surface area (Å²) >= 11 is 0. The van der Waals surface area contributed by atoms with Gasteiger partial charge in [-0.15, -0.1) is 3.63 Å².